The van der Waals surface area contributed by atoms with Gasteiger partial charge in [0.2, 0.25) is 12.5 Å². The lowest BCUT2D eigenvalue weighted by Gasteiger charge is -2.18. The number of amides is 2. The van der Waals surface area contributed by atoms with Gasteiger partial charge in [-0.2, -0.15) is 4.57 Å². The lowest BCUT2D eigenvalue weighted by Crippen LogP contribution is -2.49. The van der Waals surface area contributed by atoms with Gasteiger partial charge >= 0.3 is 11.9 Å². The number of β-amino-alcohol motifs (C(OH)–C–C–N with tert-alkyl or cyclic N) is 4. The Morgan fingerprint density at radius 1 is 0.712 bits per heavy atom. The largest absolute Gasteiger partial charge is 0.464 e. The lowest BCUT2D eigenvalue weighted by molar-refractivity contribution is -0.684. The highest BCUT2D eigenvalue weighted by Gasteiger charge is 2.31. The summed E-state index contributed by atoms with van der Waals surface area (Å²) in [6.45, 7) is 8.65. The number of nitrogens with one attached hydrogen (secondary N) is 2. The van der Waals surface area contributed by atoms with Crippen LogP contribution >= 0.6 is 21.6 Å². The molecule has 16 nitrogen and oxygen atoms in total. The summed E-state index contributed by atoms with van der Waals surface area (Å²) >= 11 is 0. The number of aliphatic hydroxyl groups is 4. The lowest BCUT2D eigenvalue weighted by atomic mass is 10.1. The second kappa shape index (κ2) is 26.4. The van der Waals surface area contributed by atoms with E-state index in [2.05, 4.69) is 22.2 Å². The summed E-state index contributed by atoms with van der Waals surface area (Å²) in [6, 6.07) is 17.3. The van der Waals surface area contributed by atoms with E-state index in [1.807, 2.05) is 94.8 Å². The van der Waals surface area contributed by atoms with Crippen LogP contribution < -0.4 is 25.0 Å². The first-order chi connectivity index (χ1) is 31.8. The van der Waals surface area contributed by atoms with E-state index in [9.17, 15) is 39.6 Å². The van der Waals surface area contributed by atoms with Crippen molar-refractivity contribution in [1.82, 2.24) is 10.6 Å². The molecule has 66 heavy (non-hydrogen) atoms. The number of carbonyl (C=O) groups is 4. The number of ether oxygens (including phenoxy) is 2. The molecular formula is C48H59N6O10S2+. The number of hydrogen-bond acceptors (Lipinski definition) is 15. The molecule has 0 aliphatic carbocycles. The van der Waals surface area contributed by atoms with E-state index >= 15 is 0 Å². The minimum Gasteiger partial charge on any atom is -0.464 e. The number of carbonyl (C=O) groups excluding carboxylic acids is 4. The second-order valence-electron chi connectivity index (χ2n) is 15.4. The molecule has 2 aliphatic rings. The van der Waals surface area contributed by atoms with Crippen LogP contribution in [0, 0.1) is 0 Å². The van der Waals surface area contributed by atoms with Crippen molar-refractivity contribution in [2.24, 2.45) is 4.99 Å². The van der Waals surface area contributed by atoms with Crippen molar-refractivity contribution in [2.45, 2.75) is 56.9 Å². The first kappa shape index (κ1) is 51.2. The molecule has 0 spiro atoms. The number of benzene rings is 2. The standard InChI is InChI=1S/C48H58N6O10S2/c1-4-33(7-8-34-11-15-37(16-12-34)53-26-41(55)42(56)27-53)19-22-49-25-45(59)50-39(47(61)63-5-2)31-65-66-32-40(48(62)64-6-3)51-46(60)30-52-23-20-36(21-24-52)10-9-35-13-17-38(18-14-35)54-28-43(57)44(58)29-54/h4,7-24,39-44,55-58H,1,5-6,25-32H2,2-3H3,(H-,50,51,59,60)/p+1/b8-7+,33-19+,49-22+. The van der Waals surface area contributed by atoms with Crippen molar-refractivity contribution < 1.29 is 53.6 Å². The molecule has 6 N–H and O–H groups in total. The quantitative estimate of drug-likeness (QED) is 0.0202. The Labute approximate surface area is 393 Å². The molecular weight excluding hydrogens is 885 g/mol. The summed E-state index contributed by atoms with van der Waals surface area (Å²) in [4.78, 5) is 59.6. The van der Waals surface area contributed by atoms with Gasteiger partial charge in [-0.25, -0.2) is 9.59 Å². The third kappa shape index (κ3) is 16.3. The monoisotopic (exact) mass is 943 g/mol. The molecule has 3 heterocycles. The predicted molar refractivity (Wildman–Crippen MR) is 260 cm³/mol. The number of allylic oxidation sites excluding steroid dienone is 4. The summed E-state index contributed by atoms with van der Waals surface area (Å²) in [7, 11) is 2.47. The molecule has 2 aliphatic heterocycles. The van der Waals surface area contributed by atoms with Gasteiger partial charge in [-0.05, 0) is 66.5 Å². The molecule has 2 fully saturated rings. The van der Waals surface area contributed by atoms with E-state index in [1.165, 1.54) is 27.8 Å². The van der Waals surface area contributed by atoms with Gasteiger partial charge in [-0.3, -0.25) is 14.6 Å². The van der Waals surface area contributed by atoms with Gasteiger partial charge in [0.05, 0.1) is 37.6 Å². The fourth-order valence-corrected chi connectivity index (χ4v) is 9.09. The van der Waals surface area contributed by atoms with Crippen LogP contribution in [0.3, 0.4) is 0 Å². The normalized spacial score (nSPS) is 19.6. The van der Waals surface area contributed by atoms with Gasteiger partial charge in [-0.1, -0.05) is 82.8 Å². The molecule has 18 heteroatoms. The summed E-state index contributed by atoms with van der Waals surface area (Å²) in [6.07, 6.45) is 13.0. The van der Waals surface area contributed by atoms with E-state index in [1.54, 1.807) is 43.0 Å². The van der Waals surface area contributed by atoms with Gasteiger partial charge in [0.25, 0.3) is 5.91 Å². The Bertz CT molecular complexity index is 2180. The van der Waals surface area contributed by atoms with E-state index in [0.717, 1.165) is 33.6 Å². The molecule has 0 saturated carbocycles. The third-order valence-electron chi connectivity index (χ3n) is 10.4. The maximum atomic E-state index is 13.1. The number of esters is 2. The SMILES string of the molecule is C=CC(/C=C/c1ccc(N2CC(O)C(O)C2)cc1)=C\C=N\CC(=O)NC(CSSCC(NC(=O)C[n+]1ccc(/C=C/c2ccc(N3CC(O)C(O)C3)cc2)cc1)C(=O)OCC)C(=O)OCC. The van der Waals surface area contributed by atoms with Crippen LogP contribution in [-0.4, -0.2) is 144 Å². The topological polar surface area (TPSA) is 214 Å². The molecule has 352 valence electrons. The molecule has 0 bridgehead atoms. The van der Waals surface area contributed by atoms with Crippen LogP contribution in [0.1, 0.15) is 30.5 Å². The Hall–Kier alpha value is -5.76. The Morgan fingerprint density at radius 2 is 1.15 bits per heavy atom. The molecule has 0 radical (unpaired) electrons. The first-order valence-corrected chi connectivity index (χ1v) is 24.1. The van der Waals surface area contributed by atoms with Crippen molar-refractivity contribution >= 4 is 81.2 Å². The zero-order chi connectivity index (χ0) is 47.4. The van der Waals surface area contributed by atoms with Crippen molar-refractivity contribution in [3.63, 3.8) is 0 Å². The van der Waals surface area contributed by atoms with Crippen LogP contribution in [0.2, 0.25) is 0 Å². The van der Waals surface area contributed by atoms with E-state index in [0.29, 0.717) is 26.2 Å². The van der Waals surface area contributed by atoms with Crippen molar-refractivity contribution in [2.75, 3.05) is 67.2 Å². The average molecular weight is 944 g/mol. The number of nitrogens with zero attached hydrogens (tertiary/aromatic N) is 4. The maximum Gasteiger partial charge on any atom is 0.329 e. The van der Waals surface area contributed by atoms with Crippen molar-refractivity contribution in [1.29, 1.82) is 0 Å². The molecule has 2 aromatic carbocycles. The zero-order valence-corrected chi connectivity index (χ0v) is 38.7. The number of aromatic nitrogens is 1. The highest BCUT2D eigenvalue weighted by molar-refractivity contribution is 8.76. The number of pyridine rings is 1. The molecule has 6 atom stereocenters. The Balaban J connectivity index is 1.05. The molecule has 6 unspecified atom stereocenters. The average Bonchev–Trinajstić information content (AvgIpc) is 3.84. The fourth-order valence-electron chi connectivity index (χ4n) is 6.79. The van der Waals surface area contributed by atoms with Crippen LogP contribution in [0.25, 0.3) is 18.2 Å². The highest BCUT2D eigenvalue weighted by atomic mass is 33.1. The fraction of sp³-hybridized carbons (Fsp3) is 0.375. The molecule has 5 rings (SSSR count). The van der Waals surface area contributed by atoms with Crippen LogP contribution in [0.4, 0.5) is 11.4 Å². The maximum absolute atomic E-state index is 13.1. The first-order valence-electron chi connectivity index (χ1n) is 21.6. The summed E-state index contributed by atoms with van der Waals surface area (Å²) in [5, 5.41) is 44.8. The Kier molecular flexibility index (Phi) is 20.5. The van der Waals surface area contributed by atoms with Gasteiger partial charge in [0.1, 0.15) is 18.6 Å². The van der Waals surface area contributed by atoms with Crippen LogP contribution in [0.5, 0.6) is 0 Å². The molecule has 3 aromatic rings. The molecule has 1 aromatic heterocycles. The predicted octanol–water partition coefficient (Wildman–Crippen LogP) is 2.60. The number of hydrogen-bond donors (Lipinski definition) is 6. The van der Waals surface area contributed by atoms with Gasteiger partial charge < -0.3 is 50.3 Å². The van der Waals surface area contributed by atoms with Crippen molar-refractivity contribution in [3.05, 3.63) is 120 Å². The van der Waals surface area contributed by atoms with E-state index in [-0.39, 0.29) is 37.8 Å². The second-order valence-corrected chi connectivity index (χ2v) is 18.0. The van der Waals surface area contributed by atoms with Crippen LogP contribution in [-0.2, 0) is 35.2 Å². The molecule has 2 amide bonds. The smallest absolute Gasteiger partial charge is 0.329 e. The minimum atomic E-state index is -0.990. The third-order valence-corrected chi connectivity index (χ3v) is 12.8. The summed E-state index contributed by atoms with van der Waals surface area (Å²) in [5.74, 6) is -1.86. The van der Waals surface area contributed by atoms with Crippen molar-refractivity contribution in [3.8, 4) is 0 Å². The summed E-state index contributed by atoms with van der Waals surface area (Å²) < 4.78 is 12.1. The highest BCUT2D eigenvalue weighted by Crippen LogP contribution is 2.25. The summed E-state index contributed by atoms with van der Waals surface area (Å²) in [5.41, 5.74) is 5.38. The van der Waals surface area contributed by atoms with Crippen LogP contribution in [0.15, 0.2) is 108 Å². The Morgan fingerprint density at radius 3 is 1.61 bits per heavy atom. The van der Waals surface area contributed by atoms with Gasteiger partial charge in [0.15, 0.2) is 12.4 Å². The molecule has 2 saturated heterocycles. The number of rotatable bonds is 23. The van der Waals surface area contributed by atoms with E-state index in [4.69, 9.17) is 9.47 Å². The number of aliphatic hydroxyl groups excluding tert-OH is 4. The minimum absolute atomic E-state index is 0.0472. The van der Waals surface area contributed by atoms with E-state index < -0.39 is 60.3 Å². The van der Waals surface area contributed by atoms with Gasteiger partial charge in [-0.15, -0.1) is 0 Å². The number of aliphatic imine (C=N–C) groups is 1. The number of anilines is 2. The van der Waals surface area contributed by atoms with Gasteiger partial charge in [0, 0.05) is 67.4 Å². The zero-order valence-electron chi connectivity index (χ0n) is 37.1.